The van der Waals surface area contributed by atoms with E-state index in [1.54, 1.807) is 7.11 Å². The lowest BCUT2D eigenvalue weighted by Gasteiger charge is -2.28. The van der Waals surface area contributed by atoms with Crippen molar-refractivity contribution in [3.8, 4) is 17.2 Å². The topological polar surface area (TPSA) is 51.6 Å². The molecule has 1 N–H and O–H groups in total. The SMILES string of the molecule is COc1ccc(Oc2ccc(N3C(=S)N[C@@H](c4ccccn4)[C@H]3c3ccn(C4CCCCC4)c3)cc2)cc1. The van der Waals surface area contributed by atoms with E-state index < -0.39 is 0 Å². The lowest BCUT2D eigenvalue weighted by molar-refractivity contribution is 0.353. The molecule has 7 heteroatoms. The van der Waals surface area contributed by atoms with Gasteiger partial charge in [-0.1, -0.05) is 25.3 Å². The molecule has 194 valence electrons. The molecule has 1 aliphatic heterocycles. The summed E-state index contributed by atoms with van der Waals surface area (Å²) in [6, 6.07) is 24.5. The van der Waals surface area contributed by atoms with Gasteiger partial charge in [-0.25, -0.2) is 0 Å². The Morgan fingerprint density at radius 3 is 2.26 bits per heavy atom. The third-order valence-corrected chi connectivity index (χ3v) is 7.90. The minimum atomic E-state index is -0.0545. The Hall–Kier alpha value is -3.84. The van der Waals surface area contributed by atoms with Crippen molar-refractivity contribution in [1.29, 1.82) is 0 Å². The van der Waals surface area contributed by atoms with Crippen LogP contribution in [-0.4, -0.2) is 21.8 Å². The van der Waals surface area contributed by atoms with E-state index in [4.69, 9.17) is 21.7 Å². The Morgan fingerprint density at radius 1 is 0.868 bits per heavy atom. The van der Waals surface area contributed by atoms with E-state index in [-0.39, 0.29) is 12.1 Å². The van der Waals surface area contributed by atoms with Gasteiger partial charge in [-0.3, -0.25) is 4.98 Å². The molecule has 1 saturated heterocycles. The Morgan fingerprint density at radius 2 is 1.58 bits per heavy atom. The number of benzene rings is 2. The highest BCUT2D eigenvalue weighted by Crippen LogP contribution is 2.42. The average Bonchev–Trinajstić information content (AvgIpc) is 3.60. The average molecular weight is 525 g/mol. The number of rotatable bonds is 7. The summed E-state index contributed by atoms with van der Waals surface area (Å²) in [7, 11) is 1.66. The minimum absolute atomic E-state index is 0.0180. The van der Waals surface area contributed by atoms with E-state index in [9.17, 15) is 0 Å². The van der Waals surface area contributed by atoms with Crippen LogP contribution in [-0.2, 0) is 0 Å². The molecule has 2 aromatic heterocycles. The van der Waals surface area contributed by atoms with Gasteiger partial charge in [0.2, 0.25) is 0 Å². The highest BCUT2D eigenvalue weighted by atomic mass is 32.1. The number of nitrogens with one attached hydrogen (secondary N) is 1. The zero-order valence-electron chi connectivity index (χ0n) is 21.5. The van der Waals surface area contributed by atoms with Crippen molar-refractivity contribution in [2.45, 2.75) is 50.2 Å². The second kappa shape index (κ2) is 10.9. The third kappa shape index (κ3) is 4.98. The predicted molar refractivity (Wildman–Crippen MR) is 154 cm³/mol. The van der Waals surface area contributed by atoms with Crippen LogP contribution >= 0.6 is 12.2 Å². The highest BCUT2D eigenvalue weighted by Gasteiger charge is 2.41. The van der Waals surface area contributed by atoms with Crippen LogP contribution in [0.5, 0.6) is 17.2 Å². The molecule has 3 heterocycles. The van der Waals surface area contributed by atoms with Gasteiger partial charge in [-0.2, -0.15) is 0 Å². The van der Waals surface area contributed by atoms with Crippen LogP contribution in [0.3, 0.4) is 0 Å². The van der Waals surface area contributed by atoms with E-state index >= 15 is 0 Å². The fraction of sp³-hybridized carbons (Fsp3) is 0.290. The summed E-state index contributed by atoms with van der Waals surface area (Å²) in [6.07, 6.45) is 12.9. The van der Waals surface area contributed by atoms with Crippen molar-refractivity contribution in [2.75, 3.05) is 12.0 Å². The zero-order chi connectivity index (χ0) is 25.9. The quantitative estimate of drug-likeness (QED) is 0.255. The fourth-order valence-electron chi connectivity index (χ4n) is 5.64. The van der Waals surface area contributed by atoms with E-state index in [0.717, 1.165) is 28.6 Å². The van der Waals surface area contributed by atoms with E-state index in [2.05, 4.69) is 56.4 Å². The van der Waals surface area contributed by atoms with Crippen LogP contribution < -0.4 is 19.7 Å². The van der Waals surface area contributed by atoms with Crippen LogP contribution in [0.1, 0.15) is 61.5 Å². The maximum Gasteiger partial charge on any atom is 0.174 e. The number of methoxy groups -OCH3 is 1. The summed E-state index contributed by atoms with van der Waals surface area (Å²) >= 11 is 5.91. The minimum Gasteiger partial charge on any atom is -0.497 e. The molecular formula is C31H32N4O2S. The lowest BCUT2D eigenvalue weighted by atomic mass is 9.95. The van der Waals surface area contributed by atoms with Crippen molar-refractivity contribution in [3.05, 3.63) is 103 Å². The van der Waals surface area contributed by atoms with Gasteiger partial charge < -0.3 is 24.3 Å². The van der Waals surface area contributed by atoms with Crippen molar-refractivity contribution < 1.29 is 9.47 Å². The zero-order valence-corrected chi connectivity index (χ0v) is 22.3. The normalized spacial score (nSPS) is 19.8. The molecule has 6 nitrogen and oxygen atoms in total. The van der Waals surface area contributed by atoms with Gasteiger partial charge >= 0.3 is 0 Å². The summed E-state index contributed by atoms with van der Waals surface area (Å²) in [4.78, 5) is 6.90. The Bertz CT molecular complexity index is 1370. The summed E-state index contributed by atoms with van der Waals surface area (Å²) in [5.41, 5.74) is 3.22. The van der Waals surface area contributed by atoms with Crippen LogP contribution in [0.2, 0.25) is 0 Å². The maximum absolute atomic E-state index is 6.06. The first-order valence-corrected chi connectivity index (χ1v) is 13.7. The van der Waals surface area contributed by atoms with E-state index in [1.165, 1.54) is 37.7 Å². The first-order chi connectivity index (χ1) is 18.7. The monoisotopic (exact) mass is 524 g/mol. The standard InChI is InChI=1S/C31H32N4O2S/c1-36-25-14-16-27(17-15-25)37-26-12-10-24(11-13-26)35-30(29(33-31(35)38)28-9-5-6-19-32-28)22-18-20-34(21-22)23-7-3-2-4-8-23/h5-6,9-21,23,29-30H,2-4,7-8H2,1H3,(H,33,38)/t29-,30+/m0/s1. The molecule has 2 fully saturated rings. The van der Waals surface area contributed by atoms with E-state index in [0.29, 0.717) is 11.2 Å². The van der Waals surface area contributed by atoms with Gasteiger partial charge in [0, 0.05) is 30.3 Å². The fourth-order valence-corrected chi connectivity index (χ4v) is 5.98. The maximum atomic E-state index is 6.06. The van der Waals surface area contributed by atoms with Crippen LogP contribution in [0, 0.1) is 0 Å². The molecule has 1 aliphatic carbocycles. The third-order valence-electron chi connectivity index (χ3n) is 7.58. The largest absolute Gasteiger partial charge is 0.497 e. The number of aromatic nitrogens is 2. The number of thiocarbonyl (C=S) groups is 1. The summed E-state index contributed by atoms with van der Waals surface area (Å²) in [5.74, 6) is 2.32. The van der Waals surface area contributed by atoms with Crippen LogP contribution in [0.25, 0.3) is 0 Å². The van der Waals surface area contributed by atoms with Crippen molar-refractivity contribution in [3.63, 3.8) is 0 Å². The summed E-state index contributed by atoms with van der Waals surface area (Å²) in [5, 5.41) is 4.26. The number of anilines is 1. The molecule has 0 unspecified atom stereocenters. The smallest absolute Gasteiger partial charge is 0.174 e. The van der Waals surface area contributed by atoms with Crippen molar-refractivity contribution in [1.82, 2.24) is 14.9 Å². The van der Waals surface area contributed by atoms with Crippen LogP contribution in [0.4, 0.5) is 5.69 Å². The predicted octanol–water partition coefficient (Wildman–Crippen LogP) is 7.37. The molecule has 38 heavy (non-hydrogen) atoms. The molecule has 6 rings (SSSR count). The molecule has 2 aromatic carbocycles. The number of pyridine rings is 1. The highest BCUT2D eigenvalue weighted by molar-refractivity contribution is 7.80. The summed E-state index contributed by atoms with van der Waals surface area (Å²) in [6.45, 7) is 0. The molecule has 0 amide bonds. The number of ether oxygens (including phenoxy) is 2. The van der Waals surface area contributed by atoms with E-state index in [1.807, 2.05) is 54.7 Å². The molecule has 2 atom stereocenters. The second-order valence-electron chi connectivity index (χ2n) is 9.95. The molecule has 1 saturated carbocycles. The molecule has 0 bridgehead atoms. The summed E-state index contributed by atoms with van der Waals surface area (Å²) < 4.78 is 13.7. The lowest BCUT2D eigenvalue weighted by Crippen LogP contribution is -2.29. The Balaban J connectivity index is 1.30. The van der Waals surface area contributed by atoms with Gasteiger partial charge in [0.15, 0.2) is 5.11 Å². The number of hydrogen-bond acceptors (Lipinski definition) is 4. The van der Waals surface area contributed by atoms with Crippen LogP contribution in [0.15, 0.2) is 91.4 Å². The first kappa shape index (κ1) is 24.5. The Labute approximate surface area is 229 Å². The van der Waals surface area contributed by atoms with Crippen molar-refractivity contribution in [2.24, 2.45) is 0 Å². The number of hydrogen-bond donors (Lipinski definition) is 1. The molecule has 4 aromatic rings. The molecule has 0 radical (unpaired) electrons. The van der Waals surface area contributed by atoms with Crippen molar-refractivity contribution >= 4 is 23.0 Å². The Kier molecular flexibility index (Phi) is 7.01. The van der Waals surface area contributed by atoms with Gasteiger partial charge in [0.05, 0.1) is 24.9 Å². The first-order valence-electron chi connectivity index (χ1n) is 13.3. The van der Waals surface area contributed by atoms with Gasteiger partial charge in [-0.15, -0.1) is 0 Å². The van der Waals surface area contributed by atoms with Gasteiger partial charge in [0.1, 0.15) is 17.2 Å². The molecule has 0 spiro atoms. The van der Waals surface area contributed by atoms with Gasteiger partial charge in [-0.05, 0) is 97.4 Å². The molecular weight excluding hydrogens is 492 g/mol. The second-order valence-corrected chi connectivity index (χ2v) is 10.3. The van der Waals surface area contributed by atoms with Gasteiger partial charge in [0.25, 0.3) is 0 Å². The number of nitrogens with zero attached hydrogens (tertiary/aromatic N) is 3. The molecule has 2 aliphatic rings.